The van der Waals surface area contributed by atoms with E-state index in [0.717, 1.165) is 30.8 Å². The van der Waals surface area contributed by atoms with Gasteiger partial charge in [0.2, 0.25) is 0 Å². The van der Waals surface area contributed by atoms with Gasteiger partial charge in [-0.3, -0.25) is 4.79 Å². The number of carbonyl (C=O) groups excluding carboxylic acids is 1. The van der Waals surface area contributed by atoms with Crippen LogP contribution in [0, 0.1) is 5.92 Å². The molecule has 2 N–H and O–H groups in total. The Hall–Kier alpha value is -1.55. The number of rotatable bonds is 9. The summed E-state index contributed by atoms with van der Waals surface area (Å²) in [6, 6.07) is 7.82. The fraction of sp³-hybridized carbons (Fsp3) is 0.562. The molecule has 0 atom stereocenters. The molecule has 0 aliphatic rings. The Bertz CT molecular complexity index is 405. The van der Waals surface area contributed by atoms with Crippen molar-refractivity contribution in [3.8, 4) is 5.75 Å². The van der Waals surface area contributed by atoms with Crippen molar-refractivity contribution in [2.45, 2.75) is 33.7 Å². The molecule has 0 aliphatic carbocycles. The lowest BCUT2D eigenvalue weighted by molar-refractivity contribution is -0.123. The first-order chi connectivity index (χ1) is 9.63. The van der Waals surface area contributed by atoms with Crippen molar-refractivity contribution in [3.63, 3.8) is 0 Å². The molecular formula is C16H26N2O2. The van der Waals surface area contributed by atoms with Crippen LogP contribution in [-0.4, -0.2) is 25.6 Å². The Morgan fingerprint density at radius 3 is 2.75 bits per heavy atom. The van der Waals surface area contributed by atoms with Crippen LogP contribution in [0.1, 0.15) is 32.8 Å². The molecule has 4 nitrogen and oxygen atoms in total. The number of ether oxygens (including phenoxy) is 1. The summed E-state index contributed by atoms with van der Waals surface area (Å²) in [6.07, 6.45) is 1.10. The van der Waals surface area contributed by atoms with Crippen LogP contribution in [-0.2, 0) is 11.3 Å². The third-order valence-electron chi connectivity index (χ3n) is 2.78. The van der Waals surface area contributed by atoms with Crippen LogP contribution in [0.3, 0.4) is 0 Å². The lowest BCUT2D eigenvalue weighted by Crippen LogP contribution is -2.31. The molecular weight excluding hydrogens is 252 g/mol. The minimum Gasteiger partial charge on any atom is -0.483 e. The van der Waals surface area contributed by atoms with E-state index < -0.39 is 0 Å². The fourth-order valence-corrected chi connectivity index (χ4v) is 1.70. The molecule has 1 aromatic rings. The summed E-state index contributed by atoms with van der Waals surface area (Å²) < 4.78 is 5.61. The van der Waals surface area contributed by atoms with Crippen LogP contribution in [0.4, 0.5) is 0 Å². The van der Waals surface area contributed by atoms with E-state index >= 15 is 0 Å². The molecule has 0 heterocycles. The number of nitrogens with one attached hydrogen (secondary N) is 2. The third kappa shape index (κ3) is 6.57. The molecule has 4 heteroatoms. The molecule has 0 fully saturated rings. The van der Waals surface area contributed by atoms with Gasteiger partial charge in [-0.1, -0.05) is 39.0 Å². The number of hydrogen-bond acceptors (Lipinski definition) is 3. The Kier molecular flexibility index (Phi) is 7.73. The lowest BCUT2D eigenvalue weighted by atomic mass is 10.2. The highest BCUT2D eigenvalue weighted by Crippen LogP contribution is 2.17. The summed E-state index contributed by atoms with van der Waals surface area (Å²) in [6.45, 7) is 8.75. The smallest absolute Gasteiger partial charge is 0.257 e. The van der Waals surface area contributed by atoms with Crippen LogP contribution < -0.4 is 15.4 Å². The predicted octanol–water partition coefficient (Wildman–Crippen LogP) is 2.34. The van der Waals surface area contributed by atoms with Gasteiger partial charge in [-0.05, 0) is 24.9 Å². The van der Waals surface area contributed by atoms with E-state index in [-0.39, 0.29) is 12.5 Å². The summed E-state index contributed by atoms with van der Waals surface area (Å²) in [5, 5.41) is 6.18. The second kappa shape index (κ2) is 9.37. The van der Waals surface area contributed by atoms with Crippen molar-refractivity contribution < 1.29 is 9.53 Å². The van der Waals surface area contributed by atoms with Crippen molar-refractivity contribution in [1.82, 2.24) is 10.6 Å². The molecule has 1 amide bonds. The van der Waals surface area contributed by atoms with Crippen LogP contribution in [0.5, 0.6) is 5.75 Å². The van der Waals surface area contributed by atoms with Gasteiger partial charge < -0.3 is 15.4 Å². The van der Waals surface area contributed by atoms with E-state index in [0.29, 0.717) is 12.5 Å². The van der Waals surface area contributed by atoms with Gasteiger partial charge in [0, 0.05) is 18.7 Å². The summed E-state index contributed by atoms with van der Waals surface area (Å²) in [4.78, 5) is 11.6. The zero-order valence-corrected chi connectivity index (χ0v) is 12.7. The van der Waals surface area contributed by atoms with Gasteiger partial charge in [0.1, 0.15) is 5.75 Å². The van der Waals surface area contributed by atoms with Gasteiger partial charge in [0.05, 0.1) is 0 Å². The number of para-hydroxylation sites is 1. The van der Waals surface area contributed by atoms with Crippen LogP contribution in [0.15, 0.2) is 24.3 Å². The van der Waals surface area contributed by atoms with Gasteiger partial charge in [-0.2, -0.15) is 0 Å². The second-order valence-electron chi connectivity index (χ2n) is 5.27. The van der Waals surface area contributed by atoms with E-state index in [2.05, 4.69) is 31.4 Å². The molecule has 1 aromatic carbocycles. The number of carbonyl (C=O) groups is 1. The van der Waals surface area contributed by atoms with Crippen molar-refractivity contribution >= 4 is 5.91 Å². The Balaban J connectivity index is 2.44. The summed E-state index contributed by atoms with van der Waals surface area (Å²) in [5.41, 5.74) is 1.08. The Morgan fingerprint density at radius 1 is 1.30 bits per heavy atom. The normalized spacial score (nSPS) is 10.6. The molecule has 0 unspecified atom stereocenters. The average molecular weight is 278 g/mol. The zero-order valence-electron chi connectivity index (χ0n) is 12.7. The minimum atomic E-state index is -0.0741. The molecule has 20 heavy (non-hydrogen) atoms. The van der Waals surface area contributed by atoms with Crippen molar-refractivity contribution in [2.24, 2.45) is 5.92 Å². The van der Waals surface area contributed by atoms with Crippen molar-refractivity contribution in [2.75, 3.05) is 19.7 Å². The van der Waals surface area contributed by atoms with Gasteiger partial charge >= 0.3 is 0 Å². The molecule has 0 saturated heterocycles. The number of benzene rings is 1. The number of amides is 1. The van der Waals surface area contributed by atoms with Crippen molar-refractivity contribution in [3.05, 3.63) is 29.8 Å². The van der Waals surface area contributed by atoms with E-state index in [1.165, 1.54) is 0 Å². The third-order valence-corrected chi connectivity index (χ3v) is 2.78. The molecule has 0 bridgehead atoms. The average Bonchev–Trinajstić information content (AvgIpc) is 2.44. The molecule has 1 rings (SSSR count). The van der Waals surface area contributed by atoms with Crippen LogP contribution >= 0.6 is 0 Å². The standard InChI is InChI=1S/C16H26N2O2/c1-4-9-17-11-14-7-5-6-8-15(14)20-12-16(19)18-10-13(2)3/h5-8,13,17H,4,9-12H2,1-3H3,(H,18,19). The van der Waals surface area contributed by atoms with Crippen LogP contribution in [0.2, 0.25) is 0 Å². The first kappa shape index (κ1) is 16.5. The van der Waals surface area contributed by atoms with E-state index in [9.17, 15) is 4.79 Å². The summed E-state index contributed by atoms with van der Waals surface area (Å²) in [5.74, 6) is 1.15. The van der Waals surface area contributed by atoms with Gasteiger partial charge in [-0.15, -0.1) is 0 Å². The molecule has 0 aromatic heterocycles. The second-order valence-corrected chi connectivity index (χ2v) is 5.27. The maximum absolute atomic E-state index is 11.6. The monoisotopic (exact) mass is 278 g/mol. The number of hydrogen-bond donors (Lipinski definition) is 2. The first-order valence-corrected chi connectivity index (χ1v) is 7.31. The van der Waals surface area contributed by atoms with Crippen LogP contribution in [0.25, 0.3) is 0 Å². The van der Waals surface area contributed by atoms with Gasteiger partial charge in [-0.25, -0.2) is 0 Å². The highest BCUT2D eigenvalue weighted by molar-refractivity contribution is 5.77. The van der Waals surface area contributed by atoms with E-state index in [1.807, 2.05) is 24.3 Å². The predicted molar refractivity (Wildman–Crippen MR) is 81.8 cm³/mol. The maximum Gasteiger partial charge on any atom is 0.257 e. The molecule has 0 aliphatic heterocycles. The van der Waals surface area contributed by atoms with Gasteiger partial charge in [0.15, 0.2) is 6.61 Å². The quantitative estimate of drug-likeness (QED) is 0.682. The topological polar surface area (TPSA) is 50.4 Å². The SMILES string of the molecule is CCCNCc1ccccc1OCC(=O)NCC(C)C. The van der Waals surface area contributed by atoms with Crippen molar-refractivity contribution in [1.29, 1.82) is 0 Å². The van der Waals surface area contributed by atoms with Gasteiger partial charge in [0.25, 0.3) is 5.91 Å². The maximum atomic E-state index is 11.6. The minimum absolute atomic E-state index is 0.0670. The first-order valence-electron chi connectivity index (χ1n) is 7.31. The Labute approximate surface area is 121 Å². The molecule has 0 saturated carbocycles. The zero-order chi connectivity index (χ0) is 14.8. The highest BCUT2D eigenvalue weighted by Gasteiger charge is 2.06. The Morgan fingerprint density at radius 2 is 2.05 bits per heavy atom. The van der Waals surface area contributed by atoms with E-state index in [1.54, 1.807) is 0 Å². The largest absolute Gasteiger partial charge is 0.483 e. The molecule has 112 valence electrons. The fourth-order valence-electron chi connectivity index (χ4n) is 1.70. The summed E-state index contributed by atoms with van der Waals surface area (Å²) >= 11 is 0. The summed E-state index contributed by atoms with van der Waals surface area (Å²) in [7, 11) is 0. The lowest BCUT2D eigenvalue weighted by Gasteiger charge is -2.12. The highest BCUT2D eigenvalue weighted by atomic mass is 16.5. The molecule has 0 spiro atoms. The van der Waals surface area contributed by atoms with E-state index in [4.69, 9.17) is 4.74 Å². The molecule has 0 radical (unpaired) electrons.